The summed E-state index contributed by atoms with van der Waals surface area (Å²) in [4.78, 5) is 6.86. The topological polar surface area (TPSA) is 85.7 Å². The summed E-state index contributed by atoms with van der Waals surface area (Å²) in [6.07, 6.45) is 0.466. The van der Waals surface area contributed by atoms with E-state index in [0.29, 0.717) is 12.2 Å². The number of likely N-dealkylation sites (N-methyl/N-ethyl adjacent to an activating group) is 1. The minimum atomic E-state index is -3.77. The number of methoxy groups -OCH3 is 2. The highest BCUT2D eigenvalue weighted by Gasteiger charge is 2.21. The lowest BCUT2D eigenvalue weighted by Crippen LogP contribution is -2.27. The molecule has 0 aliphatic heterocycles. The first kappa shape index (κ1) is 22.1. The molecule has 0 atom stereocenters. The molecule has 0 amide bonds. The van der Waals surface area contributed by atoms with Crippen LogP contribution < -0.4 is 14.2 Å². The maximum absolute atomic E-state index is 12.9. The van der Waals surface area contributed by atoms with Crippen molar-refractivity contribution in [3.05, 3.63) is 48.3 Å². The fourth-order valence-corrected chi connectivity index (χ4v) is 4.45. The summed E-state index contributed by atoms with van der Waals surface area (Å²) in [6, 6.07) is 12.6. The van der Waals surface area contributed by atoms with Gasteiger partial charge in [-0.1, -0.05) is 12.1 Å². The number of sulfonamides is 1. The minimum absolute atomic E-state index is 0.0467. The number of ether oxygens (including phenoxy) is 2. The van der Waals surface area contributed by atoms with Gasteiger partial charge in [-0.2, -0.15) is 0 Å². The second kappa shape index (κ2) is 9.46. The van der Waals surface area contributed by atoms with Gasteiger partial charge in [-0.05, 0) is 38.4 Å². The van der Waals surface area contributed by atoms with E-state index < -0.39 is 10.0 Å². The third-order valence-corrected chi connectivity index (χ3v) is 6.29. The lowest BCUT2D eigenvalue weighted by molar-refractivity contribution is 0.383. The van der Waals surface area contributed by atoms with Gasteiger partial charge in [0.05, 0.1) is 25.3 Å². The molecule has 8 nitrogen and oxygen atoms in total. The molecule has 0 radical (unpaired) electrons. The second-order valence-electron chi connectivity index (χ2n) is 7.14. The highest BCUT2D eigenvalue weighted by atomic mass is 32.2. The number of fused-ring (bicyclic) bond motifs is 1. The van der Waals surface area contributed by atoms with Gasteiger partial charge in [0.25, 0.3) is 0 Å². The average Bonchev–Trinajstić information content (AvgIpc) is 3.08. The predicted molar refractivity (Wildman–Crippen MR) is 117 cm³/mol. The Labute approximate surface area is 177 Å². The Hall–Kier alpha value is -2.62. The van der Waals surface area contributed by atoms with Crippen LogP contribution in [0.5, 0.6) is 11.5 Å². The van der Waals surface area contributed by atoms with Crippen molar-refractivity contribution in [1.82, 2.24) is 19.2 Å². The molecule has 0 saturated heterocycles. The molecule has 1 N–H and O–H groups in total. The van der Waals surface area contributed by atoms with E-state index in [1.807, 2.05) is 38.4 Å². The quantitative estimate of drug-likeness (QED) is 0.528. The summed E-state index contributed by atoms with van der Waals surface area (Å²) >= 11 is 0. The zero-order valence-corrected chi connectivity index (χ0v) is 18.6. The molecule has 1 aromatic heterocycles. The largest absolute Gasteiger partial charge is 0.497 e. The number of nitrogens with one attached hydrogen (secondary N) is 1. The molecule has 9 heteroatoms. The molecule has 162 valence electrons. The Morgan fingerprint density at radius 3 is 2.57 bits per heavy atom. The van der Waals surface area contributed by atoms with Crippen LogP contribution in [0.2, 0.25) is 0 Å². The van der Waals surface area contributed by atoms with Gasteiger partial charge in [0, 0.05) is 32.1 Å². The van der Waals surface area contributed by atoms with E-state index in [9.17, 15) is 8.42 Å². The van der Waals surface area contributed by atoms with Crippen LogP contribution in [0.3, 0.4) is 0 Å². The van der Waals surface area contributed by atoms with Crippen molar-refractivity contribution in [1.29, 1.82) is 0 Å². The normalized spacial score (nSPS) is 11.9. The van der Waals surface area contributed by atoms with Crippen molar-refractivity contribution < 1.29 is 17.9 Å². The van der Waals surface area contributed by atoms with Crippen molar-refractivity contribution in [2.24, 2.45) is 0 Å². The lowest BCUT2D eigenvalue weighted by Gasteiger charge is -2.14. The average molecular weight is 433 g/mol. The van der Waals surface area contributed by atoms with E-state index in [1.54, 1.807) is 12.1 Å². The molecule has 3 rings (SSSR count). The van der Waals surface area contributed by atoms with Crippen LogP contribution in [0, 0.1) is 0 Å². The van der Waals surface area contributed by atoms with Gasteiger partial charge in [0.2, 0.25) is 10.0 Å². The highest BCUT2D eigenvalue weighted by molar-refractivity contribution is 7.89. The Bertz CT molecular complexity index is 1110. The van der Waals surface area contributed by atoms with Crippen molar-refractivity contribution in [2.45, 2.75) is 17.9 Å². The van der Waals surface area contributed by atoms with E-state index in [-0.39, 0.29) is 17.2 Å². The molecule has 0 unspecified atom stereocenters. The number of nitrogens with zero attached hydrogens (tertiary/aromatic N) is 3. The maximum Gasteiger partial charge on any atom is 0.244 e. The van der Waals surface area contributed by atoms with Gasteiger partial charge < -0.3 is 18.9 Å². The Morgan fingerprint density at radius 1 is 1.10 bits per heavy atom. The zero-order valence-electron chi connectivity index (χ0n) is 17.8. The molecule has 0 spiro atoms. The van der Waals surface area contributed by atoms with Crippen molar-refractivity contribution in [3.63, 3.8) is 0 Å². The van der Waals surface area contributed by atoms with E-state index in [1.165, 1.54) is 20.3 Å². The van der Waals surface area contributed by atoms with E-state index in [4.69, 9.17) is 14.5 Å². The van der Waals surface area contributed by atoms with Crippen molar-refractivity contribution in [3.8, 4) is 11.5 Å². The third-order valence-electron chi connectivity index (χ3n) is 4.81. The lowest BCUT2D eigenvalue weighted by atomic mass is 10.3. The highest BCUT2D eigenvalue weighted by Crippen LogP contribution is 2.28. The summed E-state index contributed by atoms with van der Waals surface area (Å²) in [5, 5.41) is 0. The van der Waals surface area contributed by atoms with E-state index in [0.717, 1.165) is 29.9 Å². The number of imidazole rings is 1. The van der Waals surface area contributed by atoms with Gasteiger partial charge >= 0.3 is 0 Å². The SMILES string of the molecule is COc1ccc(OC)c(S(=O)(=O)NCCc2nc3ccccc3n2CCN(C)C)c1. The summed E-state index contributed by atoms with van der Waals surface area (Å²) in [6.45, 7) is 1.85. The van der Waals surface area contributed by atoms with E-state index in [2.05, 4.69) is 14.2 Å². The number of para-hydroxylation sites is 2. The predicted octanol–water partition coefficient (Wildman–Crippen LogP) is 2.14. The van der Waals surface area contributed by atoms with E-state index >= 15 is 0 Å². The van der Waals surface area contributed by atoms with Crippen LogP contribution in [0.15, 0.2) is 47.4 Å². The molecule has 0 saturated carbocycles. The summed E-state index contributed by atoms with van der Waals surface area (Å²) in [5.41, 5.74) is 1.95. The molecule has 0 aliphatic carbocycles. The summed E-state index contributed by atoms with van der Waals surface area (Å²) in [7, 11) is 3.20. The van der Waals surface area contributed by atoms with Crippen molar-refractivity contribution >= 4 is 21.1 Å². The number of rotatable bonds is 10. The zero-order chi connectivity index (χ0) is 21.7. The number of benzene rings is 2. The number of aromatic nitrogens is 2. The van der Waals surface area contributed by atoms with Crippen LogP contribution in [0.4, 0.5) is 0 Å². The second-order valence-corrected chi connectivity index (χ2v) is 8.87. The molecule has 0 aliphatic rings. The first-order chi connectivity index (χ1) is 14.4. The molecule has 0 fully saturated rings. The standard InChI is InChI=1S/C21H28N4O4S/c1-24(2)13-14-25-18-8-6-5-7-17(18)23-21(25)11-12-22-30(26,27)20-15-16(28-3)9-10-19(20)29-4/h5-10,15,22H,11-14H2,1-4H3. The van der Waals surface area contributed by atoms with Gasteiger partial charge in [-0.15, -0.1) is 0 Å². The van der Waals surface area contributed by atoms with Crippen molar-refractivity contribution in [2.75, 3.05) is 41.4 Å². The fraction of sp³-hybridized carbons (Fsp3) is 0.381. The monoisotopic (exact) mass is 432 g/mol. The van der Waals surface area contributed by atoms with Gasteiger partial charge in [-0.3, -0.25) is 0 Å². The summed E-state index contributed by atoms with van der Waals surface area (Å²) < 4.78 is 40.9. The van der Waals surface area contributed by atoms with Crippen LogP contribution in [-0.4, -0.2) is 64.3 Å². The van der Waals surface area contributed by atoms with Gasteiger partial charge in [0.15, 0.2) is 0 Å². The van der Waals surface area contributed by atoms with Crippen LogP contribution in [-0.2, 0) is 23.0 Å². The summed E-state index contributed by atoms with van der Waals surface area (Å²) in [5.74, 6) is 1.56. The van der Waals surface area contributed by atoms with Gasteiger partial charge in [0.1, 0.15) is 22.2 Å². The molecule has 0 bridgehead atoms. The molecule has 3 aromatic rings. The number of hydrogen-bond donors (Lipinski definition) is 1. The van der Waals surface area contributed by atoms with Crippen LogP contribution in [0.25, 0.3) is 11.0 Å². The van der Waals surface area contributed by atoms with Crippen LogP contribution in [0.1, 0.15) is 5.82 Å². The molecular formula is C21H28N4O4S. The molecule has 1 heterocycles. The minimum Gasteiger partial charge on any atom is -0.497 e. The Morgan fingerprint density at radius 2 is 1.87 bits per heavy atom. The molecule has 30 heavy (non-hydrogen) atoms. The first-order valence-corrected chi connectivity index (χ1v) is 11.1. The third kappa shape index (κ3) is 4.92. The van der Waals surface area contributed by atoms with Gasteiger partial charge in [-0.25, -0.2) is 18.1 Å². The Balaban J connectivity index is 1.79. The fourth-order valence-electron chi connectivity index (χ4n) is 3.23. The molecular weight excluding hydrogens is 404 g/mol. The Kier molecular flexibility index (Phi) is 6.96. The maximum atomic E-state index is 12.9. The van der Waals surface area contributed by atoms with Crippen LogP contribution >= 0.6 is 0 Å². The smallest absolute Gasteiger partial charge is 0.244 e. The molecule has 2 aromatic carbocycles. The first-order valence-electron chi connectivity index (χ1n) is 9.66. The number of hydrogen-bond acceptors (Lipinski definition) is 6.